The third-order valence-electron chi connectivity index (χ3n) is 9.05. The van der Waals surface area contributed by atoms with Crippen molar-refractivity contribution in [1.82, 2.24) is 9.55 Å². The van der Waals surface area contributed by atoms with Gasteiger partial charge in [-0.2, -0.15) is 0 Å². The van der Waals surface area contributed by atoms with Crippen LogP contribution in [-0.4, -0.2) is 16.6 Å². The smallest absolute Gasteiger partial charge is 0.0966 e. The first-order valence-corrected chi connectivity index (χ1v) is 10.7. The summed E-state index contributed by atoms with van der Waals surface area (Å²) in [6.45, 7) is 19.0. The average Bonchev–Trinajstić information content (AvgIpc) is 3.08. The van der Waals surface area contributed by atoms with Crippen molar-refractivity contribution in [3.63, 3.8) is 0 Å². The van der Waals surface area contributed by atoms with Crippen molar-refractivity contribution in [2.75, 3.05) is 11.9 Å². The van der Waals surface area contributed by atoms with Gasteiger partial charge >= 0.3 is 0 Å². The van der Waals surface area contributed by atoms with E-state index < -0.39 is 0 Å². The molecule has 1 radical (unpaired) electrons. The molecule has 1 aromatic heterocycles. The van der Waals surface area contributed by atoms with Gasteiger partial charge in [-0.1, -0.05) is 47.1 Å². The van der Waals surface area contributed by atoms with E-state index in [9.17, 15) is 0 Å². The molecule has 0 saturated carbocycles. The average molecular weight is 579 g/mol. The van der Waals surface area contributed by atoms with E-state index in [0.29, 0.717) is 0 Å². The summed E-state index contributed by atoms with van der Waals surface area (Å²) in [5.41, 5.74) is 7.60. The van der Waals surface area contributed by atoms with Crippen LogP contribution in [0.1, 0.15) is 66.5 Å². The molecule has 3 aromatic rings. The van der Waals surface area contributed by atoms with Gasteiger partial charge in [0.1, 0.15) is 0 Å². The maximum Gasteiger partial charge on any atom is 0.0966 e. The van der Waals surface area contributed by atoms with E-state index in [0.717, 1.165) is 16.9 Å². The molecule has 0 spiro atoms. The zero-order chi connectivity index (χ0) is 21.1. The molecule has 1 aliphatic heterocycles. The molecule has 5 rings (SSSR count). The summed E-state index contributed by atoms with van der Waals surface area (Å²) in [6, 6.07) is 14.5. The minimum Gasteiger partial charge on any atom is -0.393 e. The van der Waals surface area contributed by atoms with Crippen LogP contribution in [0.2, 0.25) is 0 Å². The number of imidazole rings is 1. The molecule has 2 aliphatic rings. The summed E-state index contributed by atoms with van der Waals surface area (Å²) >= 11 is 0. The van der Waals surface area contributed by atoms with Gasteiger partial charge in [0.25, 0.3) is 0 Å². The molecule has 161 valence electrons. The Morgan fingerprint density at radius 2 is 1.50 bits per heavy atom. The number of anilines is 1. The van der Waals surface area contributed by atoms with Gasteiger partial charge in [-0.15, -0.1) is 24.3 Å². The quantitative estimate of drug-likeness (QED) is 0.295. The monoisotopic (exact) mass is 579 g/mol. The predicted octanol–water partition coefficient (Wildman–Crippen LogP) is 6.24. The maximum atomic E-state index is 5.17. The largest absolute Gasteiger partial charge is 0.393 e. The Balaban J connectivity index is 0.00000218. The van der Waals surface area contributed by atoms with Gasteiger partial charge in [0, 0.05) is 20.1 Å². The molecule has 30 heavy (non-hydrogen) atoms. The van der Waals surface area contributed by atoms with E-state index in [1.807, 2.05) is 6.07 Å². The van der Waals surface area contributed by atoms with E-state index in [1.54, 1.807) is 0 Å². The van der Waals surface area contributed by atoms with Crippen molar-refractivity contribution in [1.29, 1.82) is 0 Å². The fraction of sp³-hybridized carbons (Fsp3) is 0.500. The van der Waals surface area contributed by atoms with Crippen molar-refractivity contribution in [2.24, 2.45) is 5.41 Å². The first-order chi connectivity index (χ1) is 13.3. The Labute approximate surface area is 194 Å². The van der Waals surface area contributed by atoms with Crippen molar-refractivity contribution < 1.29 is 20.1 Å². The Bertz CT molecular complexity index is 1180. The van der Waals surface area contributed by atoms with Crippen molar-refractivity contribution >= 4 is 16.7 Å². The van der Waals surface area contributed by atoms with E-state index in [-0.39, 0.29) is 42.0 Å². The molecule has 0 amide bonds. The molecule has 2 aromatic carbocycles. The number of hydrogen-bond acceptors (Lipinski definition) is 2. The molecule has 0 fully saturated rings. The molecule has 2 heterocycles. The number of hydrogen-bond donors (Lipinski definition) is 0. The van der Waals surface area contributed by atoms with Crippen LogP contribution >= 0.6 is 0 Å². The third kappa shape index (κ3) is 2.22. The van der Waals surface area contributed by atoms with E-state index in [2.05, 4.69) is 102 Å². The Kier molecular flexibility index (Phi) is 4.31. The fourth-order valence-corrected chi connectivity index (χ4v) is 5.67. The molecule has 1 aliphatic carbocycles. The molecular weight excluding hydrogens is 547 g/mol. The normalized spacial score (nSPS) is 21.6. The Hall–Kier alpha value is -1.64. The van der Waals surface area contributed by atoms with Gasteiger partial charge < -0.3 is 9.47 Å². The molecule has 4 heteroatoms. The molecule has 0 saturated heterocycles. The maximum absolute atomic E-state index is 5.17. The Morgan fingerprint density at radius 1 is 0.900 bits per heavy atom. The summed E-state index contributed by atoms with van der Waals surface area (Å²) in [5, 5.41) is 0. The molecule has 0 atom stereocenters. The van der Waals surface area contributed by atoms with Crippen LogP contribution in [0.5, 0.6) is 0 Å². The number of aromatic nitrogens is 2. The molecular formula is C26H32IrN3-. The van der Waals surface area contributed by atoms with E-state index in [1.165, 1.54) is 22.3 Å². The van der Waals surface area contributed by atoms with Crippen LogP contribution in [0.4, 0.5) is 5.69 Å². The topological polar surface area (TPSA) is 21.1 Å². The van der Waals surface area contributed by atoms with Crippen molar-refractivity contribution in [3.05, 3.63) is 47.5 Å². The van der Waals surface area contributed by atoms with Crippen LogP contribution in [0, 0.1) is 11.5 Å². The second kappa shape index (κ2) is 5.98. The second-order valence-electron chi connectivity index (χ2n) is 11.0. The number of benzene rings is 2. The summed E-state index contributed by atoms with van der Waals surface area (Å²) in [4.78, 5) is 7.51. The Morgan fingerprint density at radius 3 is 2.13 bits per heavy atom. The van der Waals surface area contributed by atoms with Crippen molar-refractivity contribution in [3.8, 4) is 11.4 Å². The fourth-order valence-electron chi connectivity index (χ4n) is 5.67. The number of fused-ring (bicyclic) bond motifs is 6. The standard InChI is InChI=1S/C26H32N3.Ir/c1-23(2)17-14-19-21(15-18(17)24(3,4)25(23,5)6)29-22(27-19)16-12-10-11-13-20(16)28(9)26(29,7)8;/h10-11,13-15H,1-9H3;/q-1;. The minimum absolute atomic E-state index is 0. The molecule has 0 N–H and O–H groups in total. The van der Waals surface area contributed by atoms with Crippen LogP contribution in [0.15, 0.2) is 30.3 Å². The first-order valence-electron chi connectivity index (χ1n) is 10.7. The summed E-state index contributed by atoms with van der Waals surface area (Å²) < 4.78 is 2.41. The third-order valence-corrected chi connectivity index (χ3v) is 9.05. The van der Waals surface area contributed by atoms with Crippen molar-refractivity contribution in [2.45, 2.75) is 71.9 Å². The van der Waals surface area contributed by atoms with Gasteiger partial charge in [0.2, 0.25) is 0 Å². The second-order valence-corrected chi connectivity index (χ2v) is 11.0. The van der Waals surface area contributed by atoms with Gasteiger partial charge in [-0.25, -0.2) is 0 Å². The SMILES string of the molecule is CN1c2ccc[c-]c2-c2nc3cc4c(cc3n2C1(C)C)C(C)(C)C(C)(C)C4(C)C.[Ir]. The van der Waals surface area contributed by atoms with E-state index in [4.69, 9.17) is 4.98 Å². The number of rotatable bonds is 0. The number of nitrogens with zero attached hydrogens (tertiary/aromatic N) is 3. The van der Waals surface area contributed by atoms with Gasteiger partial charge in [-0.3, -0.25) is 4.98 Å². The first kappa shape index (κ1) is 21.6. The summed E-state index contributed by atoms with van der Waals surface area (Å²) in [7, 11) is 2.17. The van der Waals surface area contributed by atoms with Crippen LogP contribution in [-0.2, 0) is 36.6 Å². The van der Waals surface area contributed by atoms with Crippen LogP contribution in [0.25, 0.3) is 22.4 Å². The van der Waals surface area contributed by atoms with Gasteiger partial charge in [-0.05, 0) is 66.1 Å². The van der Waals surface area contributed by atoms with E-state index >= 15 is 0 Å². The zero-order valence-electron chi connectivity index (χ0n) is 19.6. The van der Waals surface area contributed by atoms with Gasteiger partial charge in [0.05, 0.1) is 22.5 Å². The summed E-state index contributed by atoms with van der Waals surface area (Å²) in [6.07, 6.45) is 0. The predicted molar refractivity (Wildman–Crippen MR) is 122 cm³/mol. The van der Waals surface area contributed by atoms with Gasteiger partial charge in [0.15, 0.2) is 0 Å². The zero-order valence-corrected chi connectivity index (χ0v) is 22.0. The molecule has 0 unspecified atom stereocenters. The molecule has 0 bridgehead atoms. The minimum atomic E-state index is -0.214. The van der Waals surface area contributed by atoms with Crippen LogP contribution < -0.4 is 4.90 Å². The van der Waals surface area contributed by atoms with Crippen LogP contribution in [0.3, 0.4) is 0 Å². The molecule has 3 nitrogen and oxygen atoms in total. The summed E-state index contributed by atoms with van der Waals surface area (Å²) in [5.74, 6) is 1.03.